The minimum absolute atomic E-state index is 0.00273. The van der Waals surface area contributed by atoms with Crippen molar-refractivity contribution in [2.24, 2.45) is 0 Å². The Kier molecular flexibility index (Phi) is 4.22. The third-order valence-electron chi connectivity index (χ3n) is 3.27. The second-order valence-electron chi connectivity index (χ2n) is 4.79. The van der Waals surface area contributed by atoms with Crippen molar-refractivity contribution in [2.75, 3.05) is 13.2 Å². The van der Waals surface area contributed by atoms with Gasteiger partial charge in [0.1, 0.15) is 11.3 Å². The molecule has 0 bridgehead atoms. The van der Waals surface area contributed by atoms with Gasteiger partial charge in [-0.25, -0.2) is 4.79 Å². The highest BCUT2D eigenvalue weighted by molar-refractivity contribution is 5.96. The van der Waals surface area contributed by atoms with Crippen LogP contribution in [-0.4, -0.2) is 29.6 Å². The maximum absolute atomic E-state index is 12.3. The SMILES string of the molecule is CCCCOC(=O)c1cc(C)c2n(c1=O)CCNC2=O. The fourth-order valence-electron chi connectivity index (χ4n) is 2.22. The van der Waals surface area contributed by atoms with Crippen molar-refractivity contribution in [2.45, 2.75) is 33.2 Å². The summed E-state index contributed by atoms with van der Waals surface area (Å²) in [6, 6.07) is 1.44. The Morgan fingerprint density at radius 3 is 2.90 bits per heavy atom. The van der Waals surface area contributed by atoms with Crippen molar-refractivity contribution in [3.63, 3.8) is 0 Å². The summed E-state index contributed by atoms with van der Waals surface area (Å²) in [5, 5.41) is 2.68. The molecule has 1 N–H and O–H groups in total. The normalized spacial score (nSPS) is 13.6. The molecule has 2 heterocycles. The second-order valence-corrected chi connectivity index (χ2v) is 4.79. The van der Waals surface area contributed by atoms with E-state index in [1.807, 2.05) is 6.92 Å². The lowest BCUT2D eigenvalue weighted by Gasteiger charge is -2.21. The quantitative estimate of drug-likeness (QED) is 0.654. The Balaban J connectivity index is 2.37. The van der Waals surface area contributed by atoms with Crippen LogP contribution < -0.4 is 10.9 Å². The molecule has 0 unspecified atom stereocenters. The van der Waals surface area contributed by atoms with E-state index in [-0.39, 0.29) is 11.5 Å². The monoisotopic (exact) mass is 278 g/mol. The molecule has 1 amide bonds. The number of fused-ring (bicyclic) bond motifs is 1. The van der Waals surface area contributed by atoms with Gasteiger partial charge in [-0.05, 0) is 25.0 Å². The van der Waals surface area contributed by atoms with E-state index in [1.54, 1.807) is 6.92 Å². The van der Waals surface area contributed by atoms with Crippen LogP contribution in [0.15, 0.2) is 10.9 Å². The number of amides is 1. The Morgan fingerprint density at radius 1 is 1.45 bits per heavy atom. The number of hydrogen-bond acceptors (Lipinski definition) is 4. The number of hydrogen-bond donors (Lipinski definition) is 1. The molecule has 1 aliphatic rings. The van der Waals surface area contributed by atoms with Gasteiger partial charge in [-0.1, -0.05) is 13.3 Å². The molecule has 1 aromatic rings. The average Bonchev–Trinajstić information content (AvgIpc) is 2.42. The number of nitrogens with zero attached hydrogens (tertiary/aromatic N) is 1. The van der Waals surface area contributed by atoms with E-state index in [4.69, 9.17) is 4.74 Å². The lowest BCUT2D eigenvalue weighted by Crippen LogP contribution is -2.43. The summed E-state index contributed by atoms with van der Waals surface area (Å²) < 4.78 is 6.42. The molecule has 0 atom stereocenters. The minimum Gasteiger partial charge on any atom is -0.462 e. The fraction of sp³-hybridized carbons (Fsp3) is 0.500. The van der Waals surface area contributed by atoms with Gasteiger partial charge in [0.25, 0.3) is 11.5 Å². The number of nitrogens with one attached hydrogen (secondary N) is 1. The Hall–Kier alpha value is -2.11. The number of unbranched alkanes of at least 4 members (excludes halogenated alkanes) is 1. The summed E-state index contributed by atoms with van der Waals surface area (Å²) in [7, 11) is 0. The smallest absolute Gasteiger partial charge is 0.343 e. The first-order valence-electron chi connectivity index (χ1n) is 6.76. The average molecular weight is 278 g/mol. The molecule has 2 rings (SSSR count). The van der Waals surface area contributed by atoms with Gasteiger partial charge in [0.05, 0.1) is 6.61 Å². The molecule has 0 spiro atoms. The van der Waals surface area contributed by atoms with Gasteiger partial charge >= 0.3 is 5.97 Å². The number of pyridine rings is 1. The van der Waals surface area contributed by atoms with E-state index in [0.717, 1.165) is 12.8 Å². The Morgan fingerprint density at radius 2 is 2.20 bits per heavy atom. The van der Waals surface area contributed by atoms with Crippen molar-refractivity contribution < 1.29 is 14.3 Å². The minimum atomic E-state index is -0.618. The van der Waals surface area contributed by atoms with E-state index in [0.29, 0.717) is 31.0 Å². The van der Waals surface area contributed by atoms with E-state index in [9.17, 15) is 14.4 Å². The van der Waals surface area contributed by atoms with Crippen LogP contribution in [0.2, 0.25) is 0 Å². The number of esters is 1. The largest absolute Gasteiger partial charge is 0.462 e. The number of ether oxygens (including phenoxy) is 1. The number of carbonyl (C=O) groups is 2. The fourth-order valence-corrected chi connectivity index (χ4v) is 2.22. The molecule has 0 aromatic carbocycles. The molecule has 0 fully saturated rings. The van der Waals surface area contributed by atoms with E-state index < -0.39 is 11.5 Å². The summed E-state index contributed by atoms with van der Waals surface area (Å²) >= 11 is 0. The topological polar surface area (TPSA) is 77.4 Å². The Labute approximate surface area is 116 Å². The van der Waals surface area contributed by atoms with Crippen LogP contribution in [0, 0.1) is 6.92 Å². The highest BCUT2D eigenvalue weighted by atomic mass is 16.5. The summed E-state index contributed by atoms with van der Waals surface area (Å²) in [6.07, 6.45) is 1.68. The van der Waals surface area contributed by atoms with Crippen molar-refractivity contribution in [1.29, 1.82) is 0 Å². The molecule has 0 radical (unpaired) electrons. The maximum Gasteiger partial charge on any atom is 0.343 e. The summed E-state index contributed by atoms with van der Waals surface area (Å²) in [4.78, 5) is 36.0. The lowest BCUT2D eigenvalue weighted by atomic mass is 10.1. The summed E-state index contributed by atoms with van der Waals surface area (Å²) in [5.74, 6) is -0.899. The number of carbonyl (C=O) groups excluding carboxylic acids is 2. The van der Waals surface area contributed by atoms with Gasteiger partial charge in [-0.2, -0.15) is 0 Å². The van der Waals surface area contributed by atoms with Gasteiger partial charge in [0, 0.05) is 13.1 Å². The second kappa shape index (κ2) is 5.90. The van der Waals surface area contributed by atoms with Gasteiger partial charge in [-0.3, -0.25) is 9.59 Å². The molecule has 0 saturated heterocycles. The van der Waals surface area contributed by atoms with Crippen LogP contribution in [0.3, 0.4) is 0 Å². The first kappa shape index (κ1) is 14.3. The highest BCUT2D eigenvalue weighted by Gasteiger charge is 2.24. The Bertz CT molecular complexity index is 604. The van der Waals surface area contributed by atoms with Gasteiger partial charge in [-0.15, -0.1) is 0 Å². The van der Waals surface area contributed by atoms with Crippen LogP contribution in [0.4, 0.5) is 0 Å². The van der Waals surface area contributed by atoms with Crippen LogP contribution in [-0.2, 0) is 11.3 Å². The maximum atomic E-state index is 12.3. The standard InChI is InChI=1S/C14H18N2O4/c1-3-4-7-20-14(19)10-8-9(2)11-12(17)15-5-6-16(11)13(10)18/h8H,3-7H2,1-2H3,(H,15,17). The van der Waals surface area contributed by atoms with Gasteiger partial charge in [0.15, 0.2) is 0 Å². The third kappa shape index (κ3) is 2.59. The van der Waals surface area contributed by atoms with Crippen molar-refractivity contribution in [1.82, 2.24) is 9.88 Å². The molecule has 6 heteroatoms. The molecule has 6 nitrogen and oxygen atoms in total. The van der Waals surface area contributed by atoms with E-state index in [1.165, 1.54) is 10.6 Å². The van der Waals surface area contributed by atoms with Gasteiger partial charge < -0.3 is 14.6 Å². The third-order valence-corrected chi connectivity index (χ3v) is 3.27. The summed E-state index contributed by atoms with van der Waals surface area (Å²) in [6.45, 7) is 4.76. The molecule has 20 heavy (non-hydrogen) atoms. The summed E-state index contributed by atoms with van der Waals surface area (Å²) in [5.41, 5.74) is 0.467. The number of aryl methyl sites for hydroxylation is 1. The zero-order chi connectivity index (χ0) is 14.7. The predicted molar refractivity (Wildman–Crippen MR) is 73.0 cm³/mol. The van der Waals surface area contributed by atoms with Crippen LogP contribution in [0.25, 0.3) is 0 Å². The lowest BCUT2D eigenvalue weighted by molar-refractivity contribution is 0.0495. The number of aromatic nitrogens is 1. The van der Waals surface area contributed by atoms with Crippen molar-refractivity contribution in [3.05, 3.63) is 33.2 Å². The number of rotatable bonds is 4. The zero-order valence-corrected chi connectivity index (χ0v) is 11.7. The molecular formula is C14H18N2O4. The molecule has 1 aliphatic heterocycles. The van der Waals surface area contributed by atoms with Crippen molar-refractivity contribution >= 4 is 11.9 Å². The van der Waals surface area contributed by atoms with Crippen LogP contribution >= 0.6 is 0 Å². The van der Waals surface area contributed by atoms with Crippen LogP contribution in [0.1, 0.15) is 46.2 Å². The molecule has 0 aliphatic carbocycles. The first-order chi connectivity index (χ1) is 9.56. The van der Waals surface area contributed by atoms with Gasteiger partial charge in [0.2, 0.25) is 0 Å². The first-order valence-corrected chi connectivity index (χ1v) is 6.76. The van der Waals surface area contributed by atoms with E-state index >= 15 is 0 Å². The predicted octanol–water partition coefficient (Wildman–Crippen LogP) is 0.857. The van der Waals surface area contributed by atoms with E-state index in [2.05, 4.69) is 5.32 Å². The molecule has 1 aromatic heterocycles. The van der Waals surface area contributed by atoms with Crippen LogP contribution in [0.5, 0.6) is 0 Å². The molecule has 108 valence electrons. The molecule has 0 saturated carbocycles. The molecular weight excluding hydrogens is 260 g/mol. The van der Waals surface area contributed by atoms with Crippen molar-refractivity contribution in [3.8, 4) is 0 Å². The zero-order valence-electron chi connectivity index (χ0n) is 11.7. The highest BCUT2D eigenvalue weighted by Crippen LogP contribution is 2.11.